The van der Waals surface area contributed by atoms with E-state index in [1.165, 1.54) is 31.2 Å². The molecule has 0 saturated heterocycles. The number of benzene rings is 1. The van der Waals surface area contributed by atoms with Gasteiger partial charge in [-0.15, -0.1) is 0 Å². The van der Waals surface area contributed by atoms with E-state index in [0.29, 0.717) is 11.8 Å². The third kappa shape index (κ3) is 3.02. The van der Waals surface area contributed by atoms with Gasteiger partial charge in [0, 0.05) is 10.6 Å². The van der Waals surface area contributed by atoms with E-state index in [2.05, 4.69) is 18.2 Å². The lowest BCUT2D eigenvalue weighted by Crippen LogP contribution is -2.11. The predicted molar refractivity (Wildman–Crippen MR) is 71.1 cm³/mol. The fraction of sp³-hybridized carbons (Fsp3) is 0.429. The second-order valence-electron chi connectivity index (χ2n) is 4.48. The lowest BCUT2D eigenvalue weighted by molar-refractivity contribution is 0.376. The zero-order valence-electron chi connectivity index (χ0n) is 9.20. The Morgan fingerprint density at radius 1 is 1.00 bits per heavy atom. The minimum atomic E-state index is 0.682. The van der Waals surface area contributed by atoms with Crippen LogP contribution in [-0.4, -0.2) is 0 Å². The Morgan fingerprint density at radius 2 is 1.62 bits per heavy atom. The van der Waals surface area contributed by atoms with Crippen LogP contribution in [0.3, 0.4) is 0 Å². The summed E-state index contributed by atoms with van der Waals surface area (Å²) in [6.45, 7) is 0. The van der Waals surface area contributed by atoms with Gasteiger partial charge in [-0.1, -0.05) is 41.4 Å². The highest BCUT2D eigenvalue weighted by Crippen LogP contribution is 2.36. The fourth-order valence-corrected chi connectivity index (χ4v) is 2.81. The van der Waals surface area contributed by atoms with Gasteiger partial charge in [0.25, 0.3) is 0 Å². The molecule has 16 heavy (non-hydrogen) atoms. The molecule has 86 valence electrons. The largest absolute Gasteiger partial charge is 0.0933 e. The summed E-state index contributed by atoms with van der Waals surface area (Å²) in [6.07, 6.45) is 7.13. The molecule has 0 atom stereocenters. The molecule has 0 unspecified atom stereocenters. The summed E-state index contributed by atoms with van der Waals surface area (Å²) in [5.41, 5.74) is 3.09. The molecule has 0 aromatic heterocycles. The summed E-state index contributed by atoms with van der Waals surface area (Å²) >= 11 is 11.5. The van der Waals surface area contributed by atoms with Crippen LogP contribution in [0.2, 0.25) is 5.02 Å². The van der Waals surface area contributed by atoms with Crippen molar-refractivity contribution in [1.29, 1.82) is 0 Å². The van der Waals surface area contributed by atoms with Gasteiger partial charge in [0.2, 0.25) is 0 Å². The number of rotatable bonds is 2. The van der Waals surface area contributed by atoms with E-state index in [1.807, 2.05) is 12.1 Å². The number of halogens is 2. The number of hydrogen-bond acceptors (Lipinski definition) is 0. The van der Waals surface area contributed by atoms with Crippen molar-refractivity contribution in [2.24, 2.45) is 5.92 Å². The van der Waals surface area contributed by atoms with E-state index in [4.69, 9.17) is 23.2 Å². The molecule has 1 aliphatic rings. The first kappa shape index (κ1) is 12.0. The van der Waals surface area contributed by atoms with Gasteiger partial charge in [0.15, 0.2) is 0 Å². The molecule has 0 amide bonds. The molecular weight excluding hydrogens is 239 g/mol. The van der Waals surface area contributed by atoms with E-state index in [9.17, 15) is 0 Å². The van der Waals surface area contributed by atoms with Crippen LogP contribution in [0, 0.1) is 5.92 Å². The first-order chi connectivity index (χ1) is 7.79. The van der Waals surface area contributed by atoms with Gasteiger partial charge < -0.3 is 0 Å². The minimum absolute atomic E-state index is 0.682. The molecule has 2 heteroatoms. The molecule has 0 bridgehead atoms. The van der Waals surface area contributed by atoms with Crippen molar-refractivity contribution in [3.63, 3.8) is 0 Å². The highest BCUT2D eigenvalue weighted by atomic mass is 35.5. The summed E-state index contributed by atoms with van der Waals surface area (Å²) in [6, 6.07) is 8.29. The zero-order valence-corrected chi connectivity index (χ0v) is 10.7. The van der Waals surface area contributed by atoms with E-state index in [0.717, 1.165) is 5.02 Å². The normalized spacial score (nSPS) is 26.1. The predicted octanol–water partition coefficient (Wildman–Crippen LogP) is 5.37. The standard InChI is InChI=1S/C14H16Cl2/c15-10-9-11-1-3-12(4-2-11)13-5-7-14(16)8-6-13/h5-12H,1-4H2/b10-9+. The van der Waals surface area contributed by atoms with Crippen molar-refractivity contribution in [3.05, 3.63) is 46.5 Å². The first-order valence-corrected chi connectivity index (χ1v) is 6.63. The zero-order chi connectivity index (χ0) is 11.4. The van der Waals surface area contributed by atoms with Crippen LogP contribution in [0.5, 0.6) is 0 Å². The van der Waals surface area contributed by atoms with Crippen LogP contribution in [0.4, 0.5) is 0 Å². The molecule has 0 radical (unpaired) electrons. The van der Waals surface area contributed by atoms with Gasteiger partial charge in [-0.3, -0.25) is 0 Å². The van der Waals surface area contributed by atoms with E-state index in [-0.39, 0.29) is 0 Å². The molecule has 1 saturated carbocycles. The van der Waals surface area contributed by atoms with Gasteiger partial charge in [-0.25, -0.2) is 0 Å². The topological polar surface area (TPSA) is 0 Å². The summed E-state index contributed by atoms with van der Waals surface area (Å²) in [5, 5.41) is 0.822. The lowest BCUT2D eigenvalue weighted by Gasteiger charge is -2.26. The van der Waals surface area contributed by atoms with Crippen LogP contribution in [0.1, 0.15) is 37.2 Å². The highest BCUT2D eigenvalue weighted by Gasteiger charge is 2.20. The summed E-state index contributed by atoms with van der Waals surface area (Å²) in [4.78, 5) is 0. The maximum absolute atomic E-state index is 5.89. The monoisotopic (exact) mass is 254 g/mol. The summed E-state index contributed by atoms with van der Waals surface area (Å²) in [7, 11) is 0. The Kier molecular flexibility index (Phi) is 4.31. The number of hydrogen-bond donors (Lipinski definition) is 0. The van der Waals surface area contributed by atoms with Crippen molar-refractivity contribution in [2.45, 2.75) is 31.6 Å². The van der Waals surface area contributed by atoms with E-state index >= 15 is 0 Å². The highest BCUT2D eigenvalue weighted by molar-refractivity contribution is 6.30. The van der Waals surface area contributed by atoms with Crippen molar-refractivity contribution in [3.8, 4) is 0 Å². The number of allylic oxidation sites excluding steroid dienone is 1. The molecule has 2 rings (SSSR count). The maximum atomic E-state index is 5.89. The first-order valence-electron chi connectivity index (χ1n) is 5.82. The van der Waals surface area contributed by atoms with E-state index < -0.39 is 0 Å². The molecule has 0 heterocycles. The average Bonchev–Trinajstić information content (AvgIpc) is 2.32. The van der Waals surface area contributed by atoms with Crippen LogP contribution < -0.4 is 0 Å². The molecule has 0 aliphatic heterocycles. The van der Waals surface area contributed by atoms with Crippen LogP contribution in [0.25, 0.3) is 0 Å². The second kappa shape index (κ2) is 5.75. The third-order valence-corrected chi connectivity index (χ3v) is 3.86. The SMILES string of the molecule is Cl/C=C/C1CCC(c2ccc(Cl)cc2)CC1. The molecule has 1 aliphatic carbocycles. The average molecular weight is 255 g/mol. The minimum Gasteiger partial charge on any atom is -0.0933 e. The fourth-order valence-electron chi connectivity index (χ4n) is 2.48. The maximum Gasteiger partial charge on any atom is 0.0406 e. The van der Waals surface area contributed by atoms with Crippen molar-refractivity contribution < 1.29 is 0 Å². The molecule has 0 nitrogen and oxygen atoms in total. The molecule has 1 aromatic carbocycles. The van der Waals surface area contributed by atoms with Crippen LogP contribution >= 0.6 is 23.2 Å². The van der Waals surface area contributed by atoms with Crippen molar-refractivity contribution >= 4 is 23.2 Å². The molecule has 0 N–H and O–H groups in total. The Balaban J connectivity index is 1.96. The Labute approximate surface area is 107 Å². The van der Waals surface area contributed by atoms with Crippen LogP contribution in [0.15, 0.2) is 35.9 Å². The third-order valence-electron chi connectivity index (χ3n) is 3.46. The van der Waals surface area contributed by atoms with Crippen molar-refractivity contribution in [1.82, 2.24) is 0 Å². The quantitative estimate of drug-likeness (QED) is 0.666. The summed E-state index contributed by atoms with van der Waals surface area (Å²) < 4.78 is 0. The Bertz CT molecular complexity index is 346. The van der Waals surface area contributed by atoms with Crippen LogP contribution in [-0.2, 0) is 0 Å². The van der Waals surface area contributed by atoms with Gasteiger partial charge >= 0.3 is 0 Å². The summed E-state index contributed by atoms with van der Waals surface area (Å²) in [5.74, 6) is 1.39. The lowest BCUT2D eigenvalue weighted by atomic mass is 9.79. The van der Waals surface area contributed by atoms with Gasteiger partial charge in [0.1, 0.15) is 0 Å². The molecule has 1 fully saturated rings. The Morgan fingerprint density at radius 3 is 2.19 bits per heavy atom. The molecular formula is C14H16Cl2. The Hall–Kier alpha value is -0.460. The van der Waals surface area contributed by atoms with Gasteiger partial charge in [-0.2, -0.15) is 0 Å². The smallest absolute Gasteiger partial charge is 0.0406 e. The van der Waals surface area contributed by atoms with E-state index in [1.54, 1.807) is 5.54 Å². The van der Waals surface area contributed by atoms with Gasteiger partial charge in [-0.05, 0) is 55.2 Å². The van der Waals surface area contributed by atoms with Crippen molar-refractivity contribution in [2.75, 3.05) is 0 Å². The molecule has 0 spiro atoms. The second-order valence-corrected chi connectivity index (χ2v) is 5.17. The van der Waals surface area contributed by atoms with Gasteiger partial charge in [0.05, 0.1) is 0 Å². The molecule has 1 aromatic rings.